The van der Waals surface area contributed by atoms with Gasteiger partial charge in [0.2, 0.25) is 11.8 Å². The lowest BCUT2D eigenvalue weighted by atomic mass is 10.1. The SMILES string of the molecule is CC1NC(=O)CN(CC2CN(C)CCN2C)C1=O. The Hall–Kier alpha value is -1.14. The maximum Gasteiger partial charge on any atom is 0.245 e. The molecule has 0 aromatic rings. The normalized spacial score (nSPS) is 31.6. The van der Waals surface area contributed by atoms with Crippen molar-refractivity contribution in [3.8, 4) is 0 Å². The highest BCUT2D eigenvalue weighted by Crippen LogP contribution is 2.10. The molecule has 0 aromatic carbocycles. The number of amides is 2. The van der Waals surface area contributed by atoms with Crippen LogP contribution in [0.2, 0.25) is 0 Å². The minimum atomic E-state index is -0.391. The number of likely N-dealkylation sites (N-methyl/N-ethyl adjacent to an activating group) is 2. The van der Waals surface area contributed by atoms with E-state index < -0.39 is 6.04 Å². The van der Waals surface area contributed by atoms with E-state index in [2.05, 4.69) is 29.2 Å². The average Bonchev–Trinajstić information content (AvgIpc) is 2.30. The number of rotatable bonds is 2. The minimum Gasteiger partial charge on any atom is -0.343 e. The highest BCUT2D eigenvalue weighted by molar-refractivity contribution is 5.94. The van der Waals surface area contributed by atoms with Gasteiger partial charge in [-0.15, -0.1) is 0 Å². The average molecular weight is 254 g/mol. The monoisotopic (exact) mass is 254 g/mol. The van der Waals surface area contributed by atoms with Gasteiger partial charge in [-0.25, -0.2) is 0 Å². The molecule has 2 fully saturated rings. The molecule has 0 radical (unpaired) electrons. The summed E-state index contributed by atoms with van der Waals surface area (Å²) in [6, 6.07) is -0.0799. The molecule has 0 aliphatic carbocycles. The Morgan fingerprint density at radius 1 is 1.28 bits per heavy atom. The number of nitrogens with zero attached hydrogens (tertiary/aromatic N) is 3. The van der Waals surface area contributed by atoms with Crippen molar-refractivity contribution in [2.24, 2.45) is 0 Å². The summed E-state index contributed by atoms with van der Waals surface area (Å²) >= 11 is 0. The van der Waals surface area contributed by atoms with E-state index in [0.29, 0.717) is 12.6 Å². The Morgan fingerprint density at radius 3 is 2.72 bits per heavy atom. The summed E-state index contributed by atoms with van der Waals surface area (Å²) in [5.74, 6) is -0.0369. The molecule has 0 saturated carbocycles. The zero-order valence-electron chi connectivity index (χ0n) is 11.3. The molecule has 2 unspecified atom stereocenters. The van der Waals surface area contributed by atoms with Gasteiger partial charge in [0.25, 0.3) is 0 Å². The predicted molar refractivity (Wildman–Crippen MR) is 68.1 cm³/mol. The lowest BCUT2D eigenvalue weighted by Gasteiger charge is -2.41. The van der Waals surface area contributed by atoms with Crippen molar-refractivity contribution in [2.45, 2.75) is 19.0 Å². The van der Waals surface area contributed by atoms with Gasteiger partial charge in [-0.1, -0.05) is 0 Å². The first-order valence-electron chi connectivity index (χ1n) is 6.44. The molecule has 2 aliphatic rings. The van der Waals surface area contributed by atoms with Crippen molar-refractivity contribution in [1.29, 1.82) is 0 Å². The third-order valence-electron chi connectivity index (χ3n) is 3.81. The molecule has 6 nitrogen and oxygen atoms in total. The van der Waals surface area contributed by atoms with Crippen LogP contribution in [0.5, 0.6) is 0 Å². The highest BCUT2D eigenvalue weighted by atomic mass is 16.2. The Kier molecular flexibility index (Phi) is 3.87. The molecule has 1 N–H and O–H groups in total. The van der Waals surface area contributed by atoms with Gasteiger partial charge in [0, 0.05) is 32.2 Å². The molecule has 2 aliphatic heterocycles. The van der Waals surface area contributed by atoms with Gasteiger partial charge in [0.15, 0.2) is 0 Å². The van der Waals surface area contributed by atoms with E-state index in [0.717, 1.165) is 19.6 Å². The highest BCUT2D eigenvalue weighted by Gasteiger charge is 2.33. The number of nitrogens with one attached hydrogen (secondary N) is 1. The Balaban J connectivity index is 1.98. The smallest absolute Gasteiger partial charge is 0.245 e. The second kappa shape index (κ2) is 5.24. The quantitative estimate of drug-likeness (QED) is 0.657. The summed E-state index contributed by atoms with van der Waals surface area (Å²) in [7, 11) is 4.17. The van der Waals surface area contributed by atoms with E-state index in [1.807, 2.05) is 0 Å². The molecule has 6 heteroatoms. The van der Waals surface area contributed by atoms with Crippen LogP contribution in [0, 0.1) is 0 Å². The predicted octanol–water partition coefficient (Wildman–Crippen LogP) is -1.42. The Bertz CT molecular complexity index is 347. The van der Waals surface area contributed by atoms with Gasteiger partial charge in [-0.05, 0) is 21.0 Å². The Morgan fingerprint density at radius 2 is 2.00 bits per heavy atom. The van der Waals surface area contributed by atoms with Gasteiger partial charge >= 0.3 is 0 Å². The van der Waals surface area contributed by atoms with Crippen molar-refractivity contribution >= 4 is 11.8 Å². The van der Waals surface area contributed by atoms with E-state index in [4.69, 9.17) is 0 Å². The van der Waals surface area contributed by atoms with Gasteiger partial charge < -0.3 is 15.1 Å². The van der Waals surface area contributed by atoms with Crippen molar-refractivity contribution < 1.29 is 9.59 Å². The summed E-state index contributed by atoms with van der Waals surface area (Å²) in [5, 5.41) is 2.66. The molecule has 2 heterocycles. The largest absolute Gasteiger partial charge is 0.343 e. The molecule has 0 bridgehead atoms. The lowest BCUT2D eigenvalue weighted by molar-refractivity contribution is -0.144. The summed E-state index contributed by atoms with van der Waals surface area (Å²) in [6.45, 7) is 5.57. The van der Waals surface area contributed by atoms with Crippen LogP contribution in [-0.2, 0) is 9.59 Å². The third-order valence-corrected chi connectivity index (χ3v) is 3.81. The summed E-state index contributed by atoms with van der Waals surface area (Å²) in [5.41, 5.74) is 0. The number of carbonyl (C=O) groups excluding carboxylic acids is 2. The van der Waals surface area contributed by atoms with Crippen LogP contribution >= 0.6 is 0 Å². The molecule has 2 atom stereocenters. The van der Waals surface area contributed by atoms with Gasteiger partial charge in [0.1, 0.15) is 6.04 Å². The molecule has 0 aromatic heterocycles. The van der Waals surface area contributed by atoms with Gasteiger partial charge in [-0.2, -0.15) is 0 Å². The van der Waals surface area contributed by atoms with Crippen LogP contribution in [0.15, 0.2) is 0 Å². The topological polar surface area (TPSA) is 55.9 Å². The fourth-order valence-electron chi connectivity index (χ4n) is 2.58. The molecular formula is C12H22N4O2. The summed E-state index contributed by atoms with van der Waals surface area (Å²) < 4.78 is 0. The number of hydrogen-bond donors (Lipinski definition) is 1. The van der Waals surface area contributed by atoms with Crippen LogP contribution in [0.4, 0.5) is 0 Å². The van der Waals surface area contributed by atoms with Crippen molar-refractivity contribution in [3.05, 3.63) is 0 Å². The summed E-state index contributed by atoms with van der Waals surface area (Å²) in [6.07, 6.45) is 0. The van der Waals surface area contributed by atoms with Crippen LogP contribution in [0.3, 0.4) is 0 Å². The molecule has 0 spiro atoms. The van der Waals surface area contributed by atoms with Crippen molar-refractivity contribution in [1.82, 2.24) is 20.0 Å². The Labute approximate surface area is 108 Å². The van der Waals surface area contributed by atoms with E-state index >= 15 is 0 Å². The molecule has 18 heavy (non-hydrogen) atoms. The lowest BCUT2D eigenvalue weighted by Crippen LogP contribution is -2.61. The molecular weight excluding hydrogens is 232 g/mol. The third kappa shape index (κ3) is 2.81. The zero-order chi connectivity index (χ0) is 13.3. The van der Waals surface area contributed by atoms with Crippen LogP contribution < -0.4 is 5.32 Å². The maximum absolute atomic E-state index is 12.0. The molecule has 2 amide bonds. The first kappa shape index (κ1) is 13.3. The molecule has 102 valence electrons. The molecule has 2 saturated heterocycles. The fraction of sp³-hybridized carbons (Fsp3) is 0.833. The first-order chi connectivity index (χ1) is 8.47. The second-order valence-electron chi connectivity index (χ2n) is 5.40. The van der Waals surface area contributed by atoms with E-state index in [9.17, 15) is 9.59 Å². The molecule has 2 rings (SSSR count). The van der Waals surface area contributed by atoms with Gasteiger partial charge in [-0.3, -0.25) is 14.5 Å². The maximum atomic E-state index is 12.0. The minimum absolute atomic E-state index is 0.0243. The summed E-state index contributed by atoms with van der Waals surface area (Å²) in [4.78, 5) is 29.7. The standard InChI is InChI=1S/C12H22N4O2/c1-9-12(18)16(8-11(17)13-9)7-10-6-14(2)4-5-15(10)3/h9-10H,4-8H2,1-3H3,(H,13,17). The number of hydrogen-bond acceptors (Lipinski definition) is 4. The fourth-order valence-corrected chi connectivity index (χ4v) is 2.58. The zero-order valence-corrected chi connectivity index (χ0v) is 11.3. The number of piperazine rings is 2. The van der Waals surface area contributed by atoms with Crippen molar-refractivity contribution in [3.63, 3.8) is 0 Å². The van der Waals surface area contributed by atoms with Crippen LogP contribution in [-0.4, -0.2) is 85.4 Å². The second-order valence-corrected chi connectivity index (χ2v) is 5.40. The van der Waals surface area contributed by atoms with Crippen LogP contribution in [0.1, 0.15) is 6.92 Å². The van der Waals surface area contributed by atoms with E-state index in [1.165, 1.54) is 0 Å². The first-order valence-corrected chi connectivity index (χ1v) is 6.44. The van der Waals surface area contributed by atoms with E-state index in [1.54, 1.807) is 11.8 Å². The van der Waals surface area contributed by atoms with Gasteiger partial charge in [0.05, 0.1) is 6.54 Å². The van der Waals surface area contributed by atoms with Crippen molar-refractivity contribution in [2.75, 3.05) is 46.8 Å². The number of carbonyl (C=O) groups is 2. The van der Waals surface area contributed by atoms with E-state index in [-0.39, 0.29) is 18.4 Å². The van der Waals surface area contributed by atoms with Crippen LogP contribution in [0.25, 0.3) is 0 Å².